The lowest BCUT2D eigenvalue weighted by Gasteiger charge is -2.27. The zero-order valence-electron chi connectivity index (χ0n) is 14.3. The van der Waals surface area contributed by atoms with Crippen LogP contribution in [0.2, 0.25) is 0 Å². The number of benzene rings is 2. The Labute approximate surface area is 154 Å². The molecule has 0 spiro atoms. The molecular formula is C20H24ClFN2O. The van der Waals surface area contributed by atoms with Crippen molar-refractivity contribution in [3.05, 3.63) is 71.0 Å². The predicted octanol–water partition coefficient (Wildman–Crippen LogP) is 3.43. The number of nitrogens with one attached hydrogen (secondary N) is 2. The molecule has 2 aromatic carbocycles. The fourth-order valence-corrected chi connectivity index (χ4v) is 3.24. The van der Waals surface area contributed by atoms with E-state index in [2.05, 4.69) is 28.8 Å². The average molecular weight is 363 g/mol. The molecule has 0 saturated carbocycles. The Hall–Kier alpha value is -1.91. The molecule has 2 atom stereocenters. The van der Waals surface area contributed by atoms with Crippen LogP contribution in [0.3, 0.4) is 0 Å². The standard InChI is InChI=1S/C20H23FN2O.ClH/c1-14(12-16-7-3-5-9-18(16)21)20(24)23-13-19-17-8-4-2-6-15(17)10-11-22-19;/h2-9,14,19,22H,10-13H2,1H3,(H,23,24);1H. The Balaban J connectivity index is 0.00000225. The third kappa shape index (κ3) is 4.80. The highest BCUT2D eigenvalue weighted by Crippen LogP contribution is 2.22. The van der Waals surface area contributed by atoms with Crippen LogP contribution >= 0.6 is 12.4 Å². The molecule has 0 aliphatic carbocycles. The topological polar surface area (TPSA) is 41.1 Å². The largest absolute Gasteiger partial charge is 0.354 e. The van der Waals surface area contributed by atoms with E-state index in [-0.39, 0.29) is 36.1 Å². The van der Waals surface area contributed by atoms with Crippen LogP contribution in [-0.2, 0) is 17.6 Å². The minimum Gasteiger partial charge on any atom is -0.354 e. The maximum absolute atomic E-state index is 13.7. The lowest BCUT2D eigenvalue weighted by atomic mass is 9.94. The summed E-state index contributed by atoms with van der Waals surface area (Å²) in [4.78, 5) is 12.4. The number of carbonyl (C=O) groups excluding carboxylic acids is 1. The van der Waals surface area contributed by atoms with Gasteiger partial charge < -0.3 is 10.6 Å². The maximum Gasteiger partial charge on any atom is 0.223 e. The van der Waals surface area contributed by atoms with Crippen molar-refractivity contribution in [3.63, 3.8) is 0 Å². The summed E-state index contributed by atoms with van der Waals surface area (Å²) in [6, 6.07) is 15.1. The molecule has 2 N–H and O–H groups in total. The normalized spacial score (nSPS) is 17.1. The molecule has 0 saturated heterocycles. The summed E-state index contributed by atoms with van der Waals surface area (Å²) in [5.41, 5.74) is 3.18. The zero-order valence-corrected chi connectivity index (χ0v) is 15.1. The highest BCUT2D eigenvalue weighted by Gasteiger charge is 2.21. The van der Waals surface area contributed by atoms with E-state index in [0.717, 1.165) is 13.0 Å². The van der Waals surface area contributed by atoms with Crippen molar-refractivity contribution in [2.24, 2.45) is 5.92 Å². The molecule has 0 radical (unpaired) electrons. The number of fused-ring (bicyclic) bond motifs is 1. The van der Waals surface area contributed by atoms with Gasteiger partial charge in [-0.05, 0) is 42.1 Å². The number of hydrogen-bond donors (Lipinski definition) is 2. The van der Waals surface area contributed by atoms with E-state index >= 15 is 0 Å². The van der Waals surface area contributed by atoms with Gasteiger partial charge in [0.25, 0.3) is 0 Å². The molecule has 0 aromatic heterocycles. The monoisotopic (exact) mass is 362 g/mol. The van der Waals surface area contributed by atoms with Gasteiger partial charge in [0, 0.05) is 18.5 Å². The van der Waals surface area contributed by atoms with Gasteiger partial charge in [-0.15, -0.1) is 12.4 Å². The second-order valence-electron chi connectivity index (χ2n) is 6.40. The summed E-state index contributed by atoms with van der Waals surface area (Å²) in [6.07, 6.45) is 1.43. The fraction of sp³-hybridized carbons (Fsp3) is 0.350. The number of carbonyl (C=O) groups is 1. The molecule has 5 heteroatoms. The van der Waals surface area contributed by atoms with Crippen molar-refractivity contribution in [2.75, 3.05) is 13.1 Å². The van der Waals surface area contributed by atoms with Crippen molar-refractivity contribution in [2.45, 2.75) is 25.8 Å². The van der Waals surface area contributed by atoms with Gasteiger partial charge in [0.05, 0.1) is 0 Å². The van der Waals surface area contributed by atoms with Crippen molar-refractivity contribution in [1.82, 2.24) is 10.6 Å². The SMILES string of the molecule is CC(Cc1ccccc1F)C(=O)NCC1NCCc2ccccc21.Cl. The highest BCUT2D eigenvalue weighted by atomic mass is 35.5. The van der Waals surface area contributed by atoms with Gasteiger partial charge in [0.1, 0.15) is 5.82 Å². The van der Waals surface area contributed by atoms with Gasteiger partial charge >= 0.3 is 0 Å². The Kier molecular flexibility index (Phi) is 6.97. The Morgan fingerprint density at radius 2 is 1.96 bits per heavy atom. The first kappa shape index (κ1) is 19.4. The Bertz CT molecular complexity index is 722. The summed E-state index contributed by atoms with van der Waals surface area (Å²) in [6.45, 7) is 3.31. The van der Waals surface area contributed by atoms with Crippen molar-refractivity contribution in [3.8, 4) is 0 Å². The minimum absolute atomic E-state index is 0. The average Bonchev–Trinajstić information content (AvgIpc) is 2.61. The van der Waals surface area contributed by atoms with Crippen LogP contribution in [0.5, 0.6) is 0 Å². The second-order valence-corrected chi connectivity index (χ2v) is 6.40. The van der Waals surface area contributed by atoms with Crippen LogP contribution in [0.15, 0.2) is 48.5 Å². The van der Waals surface area contributed by atoms with Crippen LogP contribution in [0, 0.1) is 11.7 Å². The van der Waals surface area contributed by atoms with E-state index < -0.39 is 0 Å². The first-order valence-electron chi connectivity index (χ1n) is 8.47. The number of hydrogen-bond acceptors (Lipinski definition) is 2. The molecule has 3 nitrogen and oxygen atoms in total. The van der Waals surface area contributed by atoms with Gasteiger partial charge in [0.15, 0.2) is 0 Å². The first-order valence-corrected chi connectivity index (χ1v) is 8.47. The minimum atomic E-state index is -0.263. The van der Waals surface area contributed by atoms with Crippen molar-refractivity contribution >= 4 is 18.3 Å². The third-order valence-electron chi connectivity index (χ3n) is 4.63. The molecule has 3 rings (SSSR count). The van der Waals surface area contributed by atoms with Gasteiger partial charge in [-0.25, -0.2) is 4.39 Å². The van der Waals surface area contributed by atoms with Crippen LogP contribution in [0.25, 0.3) is 0 Å². The first-order chi connectivity index (χ1) is 11.6. The van der Waals surface area contributed by atoms with Crippen LogP contribution < -0.4 is 10.6 Å². The van der Waals surface area contributed by atoms with Crippen molar-refractivity contribution < 1.29 is 9.18 Å². The molecule has 134 valence electrons. The summed E-state index contributed by atoms with van der Waals surface area (Å²) in [7, 11) is 0. The molecule has 1 heterocycles. The van der Waals surface area contributed by atoms with E-state index in [4.69, 9.17) is 0 Å². The van der Waals surface area contributed by atoms with E-state index in [9.17, 15) is 9.18 Å². The Morgan fingerprint density at radius 3 is 2.76 bits per heavy atom. The molecule has 1 aliphatic rings. The lowest BCUT2D eigenvalue weighted by molar-refractivity contribution is -0.124. The summed E-state index contributed by atoms with van der Waals surface area (Å²) in [5.74, 6) is -0.552. The smallest absolute Gasteiger partial charge is 0.223 e. The molecule has 0 bridgehead atoms. The van der Waals surface area contributed by atoms with Crippen LogP contribution in [0.4, 0.5) is 4.39 Å². The molecule has 1 amide bonds. The molecule has 1 aliphatic heterocycles. The number of halogens is 2. The predicted molar refractivity (Wildman–Crippen MR) is 100 cm³/mol. The van der Waals surface area contributed by atoms with E-state index in [1.54, 1.807) is 18.2 Å². The zero-order chi connectivity index (χ0) is 16.9. The lowest BCUT2D eigenvalue weighted by Crippen LogP contribution is -2.40. The summed E-state index contributed by atoms with van der Waals surface area (Å²) < 4.78 is 13.7. The highest BCUT2D eigenvalue weighted by molar-refractivity contribution is 5.85. The molecule has 2 aromatic rings. The van der Waals surface area contributed by atoms with E-state index in [1.165, 1.54) is 17.2 Å². The Morgan fingerprint density at radius 1 is 1.24 bits per heavy atom. The number of rotatable bonds is 5. The van der Waals surface area contributed by atoms with Crippen LogP contribution in [0.1, 0.15) is 29.7 Å². The van der Waals surface area contributed by atoms with Gasteiger partial charge in [0.2, 0.25) is 5.91 Å². The maximum atomic E-state index is 13.7. The molecular weight excluding hydrogens is 339 g/mol. The van der Waals surface area contributed by atoms with Gasteiger partial charge in [-0.3, -0.25) is 4.79 Å². The van der Waals surface area contributed by atoms with Gasteiger partial charge in [-0.1, -0.05) is 49.4 Å². The molecule has 0 fully saturated rings. The van der Waals surface area contributed by atoms with Crippen LogP contribution in [-0.4, -0.2) is 19.0 Å². The molecule has 25 heavy (non-hydrogen) atoms. The molecule has 2 unspecified atom stereocenters. The van der Waals surface area contributed by atoms with E-state index in [1.807, 2.05) is 13.0 Å². The summed E-state index contributed by atoms with van der Waals surface area (Å²) >= 11 is 0. The van der Waals surface area contributed by atoms with Crippen molar-refractivity contribution in [1.29, 1.82) is 0 Å². The third-order valence-corrected chi connectivity index (χ3v) is 4.63. The fourth-order valence-electron chi connectivity index (χ4n) is 3.24. The quantitative estimate of drug-likeness (QED) is 0.855. The van der Waals surface area contributed by atoms with Gasteiger partial charge in [-0.2, -0.15) is 0 Å². The number of amides is 1. The van der Waals surface area contributed by atoms with E-state index in [0.29, 0.717) is 18.5 Å². The second kappa shape index (κ2) is 8.97. The summed E-state index contributed by atoms with van der Waals surface area (Å²) in [5, 5.41) is 6.46.